The lowest BCUT2D eigenvalue weighted by molar-refractivity contribution is 0.0566. The van der Waals surface area contributed by atoms with Crippen LogP contribution in [-0.2, 0) is 16.6 Å². The molecule has 0 aliphatic carbocycles. The molecular formula is C13H12F4N6O3S2. The summed E-state index contributed by atoms with van der Waals surface area (Å²) >= 11 is 0.940. The van der Waals surface area contributed by atoms with E-state index < -0.39 is 28.9 Å². The van der Waals surface area contributed by atoms with Gasteiger partial charge in [-0.3, -0.25) is 4.31 Å². The molecule has 0 aliphatic heterocycles. The van der Waals surface area contributed by atoms with Crippen molar-refractivity contribution in [3.8, 4) is 10.8 Å². The van der Waals surface area contributed by atoms with Crippen LogP contribution in [0.5, 0.6) is 0 Å². The predicted molar refractivity (Wildman–Crippen MR) is 89.5 cm³/mol. The lowest BCUT2D eigenvalue weighted by Gasteiger charge is -2.20. The lowest BCUT2D eigenvalue weighted by atomic mass is 10.5. The van der Waals surface area contributed by atoms with Crippen molar-refractivity contribution in [2.75, 3.05) is 10.1 Å². The van der Waals surface area contributed by atoms with E-state index in [9.17, 15) is 26.0 Å². The van der Waals surface area contributed by atoms with Crippen LogP contribution in [0.4, 0.5) is 23.2 Å². The van der Waals surface area contributed by atoms with Crippen LogP contribution >= 0.6 is 11.3 Å². The molecule has 28 heavy (non-hydrogen) atoms. The highest BCUT2D eigenvalue weighted by Crippen LogP contribution is 2.30. The molecule has 3 aromatic rings. The van der Waals surface area contributed by atoms with Gasteiger partial charge in [-0.2, -0.15) is 22.7 Å². The van der Waals surface area contributed by atoms with Gasteiger partial charge in [0.05, 0.1) is 36.6 Å². The monoisotopic (exact) mass is 440 g/mol. The largest absolute Gasteiger partial charge is 0.414 e. The molecule has 0 fully saturated rings. The Hall–Kier alpha value is -2.55. The summed E-state index contributed by atoms with van der Waals surface area (Å²) in [5.74, 6) is -1.32. The van der Waals surface area contributed by atoms with E-state index in [4.69, 9.17) is 4.42 Å². The number of hydrogen-bond acceptors (Lipinski definition) is 8. The second-order valence-electron chi connectivity index (χ2n) is 5.23. The van der Waals surface area contributed by atoms with E-state index >= 15 is 0 Å². The standard InChI is InChI=1S/C13H12F4N6O3S2/c1-2-28(24,25)23(7-3-19-22(5-7)13(16)17)6-9-18-4-8(27-9)11-20-21-12(26-11)10(14)15/h3-5,10,13H,2,6H2,1H3. The van der Waals surface area contributed by atoms with Crippen LogP contribution in [0.25, 0.3) is 10.8 Å². The Kier molecular flexibility index (Phi) is 5.64. The Morgan fingerprint density at radius 2 is 2.00 bits per heavy atom. The maximum absolute atomic E-state index is 12.7. The highest BCUT2D eigenvalue weighted by molar-refractivity contribution is 7.92. The number of aromatic nitrogens is 5. The third-order valence-electron chi connectivity index (χ3n) is 3.45. The van der Waals surface area contributed by atoms with Crippen LogP contribution < -0.4 is 4.31 Å². The molecule has 3 rings (SSSR count). The fourth-order valence-corrected chi connectivity index (χ4v) is 4.05. The van der Waals surface area contributed by atoms with Gasteiger partial charge in [0.15, 0.2) is 0 Å². The van der Waals surface area contributed by atoms with Gasteiger partial charge in [0.2, 0.25) is 10.0 Å². The SMILES string of the molecule is CCS(=O)(=O)N(Cc1ncc(-c2nnc(C(F)F)o2)s1)c1cnn(C(F)F)c1. The molecule has 0 bridgehead atoms. The van der Waals surface area contributed by atoms with E-state index in [0.29, 0.717) is 4.68 Å². The predicted octanol–water partition coefficient (Wildman–Crippen LogP) is 3.08. The van der Waals surface area contributed by atoms with Crippen LogP contribution in [-0.4, -0.2) is 39.1 Å². The molecule has 3 aromatic heterocycles. The first-order valence-electron chi connectivity index (χ1n) is 7.60. The molecule has 0 saturated carbocycles. The van der Waals surface area contributed by atoms with Gasteiger partial charge in [-0.15, -0.1) is 21.5 Å². The van der Waals surface area contributed by atoms with Crippen LogP contribution in [0.15, 0.2) is 23.0 Å². The number of halogens is 4. The van der Waals surface area contributed by atoms with E-state index in [1.165, 1.54) is 13.1 Å². The smallest absolute Gasteiger partial charge is 0.333 e. The van der Waals surface area contributed by atoms with E-state index in [1.54, 1.807) is 0 Å². The molecule has 0 aliphatic rings. The summed E-state index contributed by atoms with van der Waals surface area (Å²) < 4.78 is 81.4. The first kappa shape index (κ1) is 20.2. The van der Waals surface area contributed by atoms with Crippen molar-refractivity contribution >= 4 is 27.0 Å². The zero-order chi connectivity index (χ0) is 20.5. The Morgan fingerprint density at radius 3 is 2.57 bits per heavy atom. The van der Waals surface area contributed by atoms with Crippen molar-refractivity contribution in [1.29, 1.82) is 0 Å². The summed E-state index contributed by atoms with van der Waals surface area (Å²) in [5.41, 5.74) is -0.0586. The van der Waals surface area contributed by atoms with Gasteiger partial charge >= 0.3 is 13.0 Å². The molecule has 0 aromatic carbocycles. The van der Waals surface area contributed by atoms with E-state index in [2.05, 4.69) is 20.3 Å². The number of nitrogens with zero attached hydrogens (tertiary/aromatic N) is 6. The number of thiazole rings is 1. The molecular weight excluding hydrogens is 428 g/mol. The first-order valence-corrected chi connectivity index (χ1v) is 10.0. The van der Waals surface area contributed by atoms with Crippen molar-refractivity contribution < 1.29 is 30.4 Å². The maximum atomic E-state index is 12.7. The quantitative estimate of drug-likeness (QED) is 0.496. The normalized spacial score (nSPS) is 12.2. The van der Waals surface area contributed by atoms with E-state index in [-0.39, 0.29) is 33.8 Å². The second kappa shape index (κ2) is 7.83. The minimum atomic E-state index is -3.84. The van der Waals surface area contributed by atoms with Crippen molar-refractivity contribution in [3.05, 3.63) is 29.5 Å². The summed E-state index contributed by atoms with van der Waals surface area (Å²) in [4.78, 5) is 4.28. The number of rotatable bonds is 8. The summed E-state index contributed by atoms with van der Waals surface area (Å²) in [6.07, 6.45) is 0.243. The third kappa shape index (κ3) is 4.14. The maximum Gasteiger partial charge on any atom is 0.333 e. The van der Waals surface area contributed by atoms with Gasteiger partial charge in [-0.05, 0) is 6.92 Å². The average molecular weight is 440 g/mol. The summed E-state index contributed by atoms with van der Waals surface area (Å²) in [6, 6.07) is 0. The molecule has 0 atom stereocenters. The highest BCUT2D eigenvalue weighted by atomic mass is 32.2. The Labute approximate surface area is 159 Å². The van der Waals surface area contributed by atoms with E-state index in [1.807, 2.05) is 0 Å². The third-order valence-corrected chi connectivity index (χ3v) is 6.16. The molecule has 9 nitrogen and oxygen atoms in total. The Balaban J connectivity index is 1.88. The molecule has 0 spiro atoms. The molecule has 3 heterocycles. The minimum absolute atomic E-state index is 0.0586. The van der Waals surface area contributed by atoms with Crippen LogP contribution in [0, 0.1) is 0 Å². The first-order chi connectivity index (χ1) is 13.2. The number of anilines is 1. The molecule has 152 valence electrons. The van der Waals surface area contributed by atoms with Crippen molar-refractivity contribution in [3.63, 3.8) is 0 Å². The van der Waals surface area contributed by atoms with Crippen LogP contribution in [0.2, 0.25) is 0 Å². The number of hydrogen-bond donors (Lipinski definition) is 0. The van der Waals surface area contributed by atoms with Gasteiger partial charge in [0.25, 0.3) is 11.8 Å². The molecule has 0 radical (unpaired) electrons. The van der Waals surface area contributed by atoms with Gasteiger partial charge in [0, 0.05) is 0 Å². The lowest BCUT2D eigenvalue weighted by Crippen LogP contribution is -2.31. The average Bonchev–Trinajstić information content (AvgIpc) is 3.38. The summed E-state index contributed by atoms with van der Waals surface area (Å²) in [6.45, 7) is -1.80. The molecule has 15 heteroatoms. The van der Waals surface area contributed by atoms with Crippen LogP contribution in [0.3, 0.4) is 0 Å². The minimum Gasteiger partial charge on any atom is -0.414 e. The van der Waals surface area contributed by atoms with Gasteiger partial charge in [0.1, 0.15) is 9.88 Å². The molecule has 0 saturated heterocycles. The van der Waals surface area contributed by atoms with Gasteiger partial charge < -0.3 is 4.42 Å². The van der Waals surface area contributed by atoms with Crippen molar-refractivity contribution in [1.82, 2.24) is 25.0 Å². The Bertz CT molecular complexity index is 1050. The summed E-state index contributed by atoms with van der Waals surface area (Å²) in [7, 11) is -3.84. The van der Waals surface area contributed by atoms with Gasteiger partial charge in [-0.25, -0.2) is 18.1 Å². The zero-order valence-corrected chi connectivity index (χ0v) is 15.7. The van der Waals surface area contributed by atoms with Crippen LogP contribution in [0.1, 0.15) is 30.8 Å². The number of alkyl halides is 4. The fourth-order valence-electron chi connectivity index (χ4n) is 2.10. The topological polar surface area (TPSA) is 107 Å². The second-order valence-corrected chi connectivity index (χ2v) is 8.52. The summed E-state index contributed by atoms with van der Waals surface area (Å²) in [5, 5.41) is 10.4. The van der Waals surface area contributed by atoms with E-state index in [0.717, 1.165) is 28.0 Å². The fraction of sp³-hybridized carbons (Fsp3) is 0.385. The zero-order valence-electron chi connectivity index (χ0n) is 14.0. The highest BCUT2D eigenvalue weighted by Gasteiger charge is 2.25. The van der Waals surface area contributed by atoms with Crippen molar-refractivity contribution in [2.45, 2.75) is 26.4 Å². The van der Waals surface area contributed by atoms with Gasteiger partial charge in [-0.1, -0.05) is 0 Å². The molecule has 0 N–H and O–H groups in total. The Morgan fingerprint density at radius 1 is 1.25 bits per heavy atom. The van der Waals surface area contributed by atoms with Crippen molar-refractivity contribution in [2.24, 2.45) is 0 Å². The number of sulfonamides is 1. The molecule has 0 amide bonds. The molecule has 0 unspecified atom stereocenters.